The summed E-state index contributed by atoms with van der Waals surface area (Å²) in [4.78, 5) is 14.3. The first-order valence-electron chi connectivity index (χ1n) is 8.83. The maximum atomic E-state index is 12.4. The Bertz CT molecular complexity index is 526. The normalized spacial score (nSPS) is 19.0. The third-order valence-corrected chi connectivity index (χ3v) is 4.99. The Morgan fingerprint density at radius 1 is 1.17 bits per heavy atom. The van der Waals surface area contributed by atoms with Gasteiger partial charge in [-0.1, -0.05) is 18.2 Å². The lowest BCUT2D eigenvalue weighted by molar-refractivity contribution is -0.134. The highest BCUT2D eigenvalue weighted by molar-refractivity contribution is 5.78. The number of likely N-dealkylation sites (tertiary alicyclic amines) is 1. The van der Waals surface area contributed by atoms with Crippen LogP contribution in [0.15, 0.2) is 18.2 Å². The van der Waals surface area contributed by atoms with Crippen LogP contribution in [-0.4, -0.2) is 43.1 Å². The number of aryl methyl sites for hydroxylation is 2. The van der Waals surface area contributed by atoms with Gasteiger partial charge in [-0.15, -0.1) is 0 Å². The molecule has 1 aliphatic heterocycles. The van der Waals surface area contributed by atoms with Gasteiger partial charge in [-0.3, -0.25) is 4.79 Å². The van der Waals surface area contributed by atoms with Crippen molar-refractivity contribution in [3.8, 4) is 5.75 Å². The molecule has 2 aliphatic rings. The lowest BCUT2D eigenvalue weighted by atomic mass is 10.0. The molecule has 1 N–H and O–H groups in total. The Morgan fingerprint density at radius 2 is 1.83 bits per heavy atom. The van der Waals surface area contributed by atoms with Crippen LogP contribution in [-0.2, 0) is 4.79 Å². The zero-order valence-electron chi connectivity index (χ0n) is 14.3. The first kappa shape index (κ1) is 16.3. The van der Waals surface area contributed by atoms with E-state index in [1.54, 1.807) is 0 Å². The Hall–Kier alpha value is -1.55. The molecule has 1 aliphatic carbocycles. The van der Waals surface area contributed by atoms with Gasteiger partial charge in [0.25, 0.3) is 5.91 Å². The fourth-order valence-electron chi connectivity index (χ4n) is 3.24. The molecule has 1 saturated heterocycles. The molecule has 126 valence electrons. The van der Waals surface area contributed by atoms with Gasteiger partial charge in [0.1, 0.15) is 5.75 Å². The second kappa shape index (κ2) is 7.35. The molecule has 4 nitrogen and oxygen atoms in total. The summed E-state index contributed by atoms with van der Waals surface area (Å²) in [6.45, 7) is 7.03. The van der Waals surface area contributed by atoms with Crippen molar-refractivity contribution in [1.82, 2.24) is 10.2 Å². The van der Waals surface area contributed by atoms with Crippen molar-refractivity contribution in [2.24, 2.45) is 5.92 Å². The largest absolute Gasteiger partial charge is 0.483 e. The standard InChI is InChI=1S/C19H28N2O2/c1-14-4-3-5-15(2)19(14)23-13-18(22)21-10-8-17(9-11-21)20-12-16-6-7-16/h3-5,16-17,20H,6-13H2,1-2H3. The summed E-state index contributed by atoms with van der Waals surface area (Å²) in [5.74, 6) is 1.87. The zero-order chi connectivity index (χ0) is 16.2. The van der Waals surface area contributed by atoms with Gasteiger partial charge in [-0.05, 0) is 63.1 Å². The van der Waals surface area contributed by atoms with E-state index in [4.69, 9.17) is 4.74 Å². The average Bonchev–Trinajstić information content (AvgIpc) is 3.37. The summed E-state index contributed by atoms with van der Waals surface area (Å²) < 4.78 is 5.79. The van der Waals surface area contributed by atoms with E-state index >= 15 is 0 Å². The van der Waals surface area contributed by atoms with Gasteiger partial charge in [0, 0.05) is 19.1 Å². The van der Waals surface area contributed by atoms with Crippen molar-refractivity contribution < 1.29 is 9.53 Å². The third kappa shape index (κ3) is 4.47. The number of para-hydroxylation sites is 1. The molecule has 1 amide bonds. The van der Waals surface area contributed by atoms with E-state index in [-0.39, 0.29) is 12.5 Å². The number of hydrogen-bond donors (Lipinski definition) is 1. The van der Waals surface area contributed by atoms with E-state index in [0.29, 0.717) is 6.04 Å². The second-order valence-electron chi connectivity index (χ2n) is 7.02. The molecule has 0 unspecified atom stereocenters. The van der Waals surface area contributed by atoms with Gasteiger partial charge in [0.2, 0.25) is 0 Å². The number of nitrogens with one attached hydrogen (secondary N) is 1. The van der Waals surface area contributed by atoms with Gasteiger partial charge >= 0.3 is 0 Å². The summed E-state index contributed by atoms with van der Waals surface area (Å²) in [5.41, 5.74) is 2.17. The summed E-state index contributed by atoms with van der Waals surface area (Å²) in [5, 5.41) is 3.65. The average molecular weight is 316 g/mol. The Labute approximate surface area is 139 Å². The smallest absolute Gasteiger partial charge is 0.260 e. The van der Waals surface area contributed by atoms with Crippen LogP contribution in [0.3, 0.4) is 0 Å². The number of nitrogens with zero attached hydrogens (tertiary/aromatic N) is 1. The highest BCUT2D eigenvalue weighted by atomic mass is 16.5. The molecule has 1 aromatic rings. The Balaban J connectivity index is 1.42. The van der Waals surface area contributed by atoms with Gasteiger partial charge in [-0.2, -0.15) is 0 Å². The third-order valence-electron chi connectivity index (χ3n) is 4.99. The number of amides is 1. The van der Waals surface area contributed by atoms with Crippen molar-refractivity contribution in [3.05, 3.63) is 29.3 Å². The van der Waals surface area contributed by atoms with Crippen molar-refractivity contribution in [1.29, 1.82) is 0 Å². The molecule has 0 radical (unpaired) electrons. The molecular formula is C19H28N2O2. The van der Waals surface area contributed by atoms with E-state index in [2.05, 4.69) is 5.32 Å². The van der Waals surface area contributed by atoms with Crippen LogP contribution in [0.2, 0.25) is 0 Å². The molecule has 23 heavy (non-hydrogen) atoms. The maximum absolute atomic E-state index is 12.4. The molecule has 1 aromatic carbocycles. The Morgan fingerprint density at radius 3 is 2.43 bits per heavy atom. The summed E-state index contributed by atoms with van der Waals surface area (Å²) >= 11 is 0. The summed E-state index contributed by atoms with van der Waals surface area (Å²) in [6, 6.07) is 6.63. The fraction of sp³-hybridized carbons (Fsp3) is 0.632. The van der Waals surface area contributed by atoms with Crippen LogP contribution >= 0.6 is 0 Å². The minimum absolute atomic E-state index is 0.105. The number of carbonyl (C=O) groups is 1. The highest BCUT2D eigenvalue weighted by Crippen LogP contribution is 2.28. The van der Waals surface area contributed by atoms with Crippen LogP contribution in [0, 0.1) is 19.8 Å². The van der Waals surface area contributed by atoms with Crippen molar-refractivity contribution >= 4 is 5.91 Å². The highest BCUT2D eigenvalue weighted by Gasteiger charge is 2.26. The van der Waals surface area contributed by atoms with E-state index in [0.717, 1.165) is 55.3 Å². The molecule has 1 heterocycles. The minimum Gasteiger partial charge on any atom is -0.483 e. The summed E-state index contributed by atoms with van der Waals surface area (Å²) in [6.07, 6.45) is 4.89. The van der Waals surface area contributed by atoms with Crippen LogP contribution in [0.4, 0.5) is 0 Å². The monoisotopic (exact) mass is 316 g/mol. The van der Waals surface area contributed by atoms with Crippen molar-refractivity contribution in [2.45, 2.75) is 45.6 Å². The first-order chi connectivity index (χ1) is 11.1. The lowest BCUT2D eigenvalue weighted by Gasteiger charge is -2.32. The molecule has 0 bridgehead atoms. The van der Waals surface area contributed by atoms with Crippen molar-refractivity contribution in [2.75, 3.05) is 26.2 Å². The molecular weight excluding hydrogens is 288 g/mol. The maximum Gasteiger partial charge on any atom is 0.260 e. The zero-order valence-corrected chi connectivity index (χ0v) is 14.3. The molecule has 0 atom stereocenters. The van der Waals surface area contributed by atoms with E-state index in [9.17, 15) is 4.79 Å². The molecule has 0 spiro atoms. The number of hydrogen-bond acceptors (Lipinski definition) is 3. The second-order valence-corrected chi connectivity index (χ2v) is 7.02. The van der Waals surface area contributed by atoms with Crippen LogP contribution in [0.1, 0.15) is 36.8 Å². The fourth-order valence-corrected chi connectivity index (χ4v) is 3.24. The molecule has 3 rings (SSSR count). The number of carbonyl (C=O) groups excluding carboxylic acids is 1. The number of rotatable bonds is 6. The first-order valence-corrected chi connectivity index (χ1v) is 8.83. The van der Waals surface area contributed by atoms with Gasteiger partial charge in [0.15, 0.2) is 6.61 Å². The quantitative estimate of drug-likeness (QED) is 0.877. The predicted molar refractivity (Wildman–Crippen MR) is 91.7 cm³/mol. The lowest BCUT2D eigenvalue weighted by Crippen LogP contribution is -2.46. The SMILES string of the molecule is Cc1cccc(C)c1OCC(=O)N1CCC(NCC2CC2)CC1. The predicted octanol–water partition coefficient (Wildman–Crippen LogP) is 2.67. The minimum atomic E-state index is 0.105. The molecule has 1 saturated carbocycles. The molecule has 0 aromatic heterocycles. The van der Waals surface area contributed by atoms with Crippen LogP contribution in [0.25, 0.3) is 0 Å². The number of benzene rings is 1. The van der Waals surface area contributed by atoms with Crippen LogP contribution < -0.4 is 10.1 Å². The summed E-state index contributed by atoms with van der Waals surface area (Å²) in [7, 11) is 0. The number of ether oxygens (including phenoxy) is 1. The van der Waals surface area contributed by atoms with E-state index in [1.165, 1.54) is 12.8 Å². The van der Waals surface area contributed by atoms with Gasteiger partial charge < -0.3 is 15.0 Å². The van der Waals surface area contributed by atoms with E-state index < -0.39 is 0 Å². The van der Waals surface area contributed by atoms with Gasteiger partial charge in [0.05, 0.1) is 0 Å². The topological polar surface area (TPSA) is 41.6 Å². The molecule has 4 heteroatoms. The van der Waals surface area contributed by atoms with E-state index in [1.807, 2.05) is 36.9 Å². The Kier molecular flexibility index (Phi) is 5.21. The van der Waals surface area contributed by atoms with Crippen LogP contribution in [0.5, 0.6) is 5.75 Å². The molecule has 2 fully saturated rings. The van der Waals surface area contributed by atoms with Gasteiger partial charge in [-0.25, -0.2) is 0 Å². The number of piperidine rings is 1. The van der Waals surface area contributed by atoms with Crippen molar-refractivity contribution in [3.63, 3.8) is 0 Å².